The molecule has 1 aliphatic heterocycles. The Balaban J connectivity index is 1.87. The molecule has 1 aliphatic rings. The Morgan fingerprint density at radius 3 is 3.11 bits per heavy atom. The number of pyridine rings is 1. The Labute approximate surface area is 111 Å². The third kappa shape index (κ3) is 2.37. The van der Waals surface area contributed by atoms with Gasteiger partial charge in [0.15, 0.2) is 5.76 Å². The average molecular weight is 257 g/mol. The number of carbonyl (C=O) groups excluding carboxylic acids is 1. The van der Waals surface area contributed by atoms with Crippen molar-refractivity contribution in [3.63, 3.8) is 0 Å². The third-order valence-electron chi connectivity index (χ3n) is 3.31. The molecule has 3 rings (SSSR count). The number of nitrogens with one attached hydrogen (secondary N) is 1. The molecule has 3 heterocycles. The van der Waals surface area contributed by atoms with Crippen LogP contribution in [0.5, 0.6) is 0 Å². The van der Waals surface area contributed by atoms with E-state index in [4.69, 9.17) is 4.42 Å². The van der Waals surface area contributed by atoms with E-state index in [2.05, 4.69) is 10.3 Å². The summed E-state index contributed by atoms with van der Waals surface area (Å²) in [5.74, 6) is 0.316. The van der Waals surface area contributed by atoms with Crippen LogP contribution in [0.25, 0.3) is 0 Å². The standard InChI is InChI=1S/C14H15N3O2/c18-14(13-4-2-8-19-13)17-7-6-16-10-12(17)11-3-1-5-15-9-11/h1-5,8-9,12,16H,6-7,10H2. The molecule has 0 spiro atoms. The van der Waals surface area contributed by atoms with Gasteiger partial charge in [0, 0.05) is 32.0 Å². The minimum absolute atomic E-state index is 0.0000463. The van der Waals surface area contributed by atoms with E-state index >= 15 is 0 Å². The van der Waals surface area contributed by atoms with Crippen molar-refractivity contribution in [2.45, 2.75) is 6.04 Å². The van der Waals surface area contributed by atoms with Crippen molar-refractivity contribution in [3.05, 3.63) is 54.2 Å². The molecule has 1 amide bonds. The van der Waals surface area contributed by atoms with Gasteiger partial charge in [0.1, 0.15) is 0 Å². The highest BCUT2D eigenvalue weighted by atomic mass is 16.3. The number of rotatable bonds is 2. The Morgan fingerprint density at radius 1 is 1.42 bits per heavy atom. The van der Waals surface area contributed by atoms with Crippen LogP contribution in [0.1, 0.15) is 22.2 Å². The first-order valence-electron chi connectivity index (χ1n) is 6.31. The van der Waals surface area contributed by atoms with Gasteiger partial charge in [-0.25, -0.2) is 0 Å². The van der Waals surface area contributed by atoms with Gasteiger partial charge < -0.3 is 14.6 Å². The molecule has 0 saturated carbocycles. The first kappa shape index (κ1) is 11.9. The number of hydrogen-bond donors (Lipinski definition) is 1. The minimum atomic E-state index is -0.0691. The van der Waals surface area contributed by atoms with E-state index in [1.54, 1.807) is 24.5 Å². The zero-order chi connectivity index (χ0) is 13.1. The van der Waals surface area contributed by atoms with Gasteiger partial charge >= 0.3 is 0 Å². The van der Waals surface area contributed by atoms with Crippen LogP contribution in [0.15, 0.2) is 47.3 Å². The van der Waals surface area contributed by atoms with Crippen molar-refractivity contribution in [1.29, 1.82) is 0 Å². The Bertz CT molecular complexity index is 539. The second kappa shape index (κ2) is 5.24. The lowest BCUT2D eigenvalue weighted by molar-refractivity contribution is 0.0601. The smallest absolute Gasteiger partial charge is 0.290 e. The van der Waals surface area contributed by atoms with Gasteiger partial charge in [-0.1, -0.05) is 6.07 Å². The molecular weight excluding hydrogens is 242 g/mol. The number of amides is 1. The van der Waals surface area contributed by atoms with Crippen molar-refractivity contribution in [2.24, 2.45) is 0 Å². The summed E-state index contributed by atoms with van der Waals surface area (Å²) in [5, 5.41) is 3.31. The molecule has 1 unspecified atom stereocenters. The van der Waals surface area contributed by atoms with E-state index < -0.39 is 0 Å². The van der Waals surface area contributed by atoms with Crippen LogP contribution in [0.3, 0.4) is 0 Å². The van der Waals surface area contributed by atoms with Crippen molar-refractivity contribution in [1.82, 2.24) is 15.2 Å². The van der Waals surface area contributed by atoms with Gasteiger partial charge in [-0.15, -0.1) is 0 Å². The van der Waals surface area contributed by atoms with Crippen LogP contribution >= 0.6 is 0 Å². The van der Waals surface area contributed by atoms with Crippen molar-refractivity contribution < 1.29 is 9.21 Å². The highest BCUT2D eigenvalue weighted by Gasteiger charge is 2.29. The van der Waals surface area contributed by atoms with Gasteiger partial charge in [0.05, 0.1) is 12.3 Å². The maximum atomic E-state index is 12.4. The van der Waals surface area contributed by atoms with Gasteiger partial charge in [-0.2, -0.15) is 0 Å². The highest BCUT2D eigenvalue weighted by Crippen LogP contribution is 2.23. The summed E-state index contributed by atoms with van der Waals surface area (Å²) in [4.78, 5) is 18.4. The Hall–Kier alpha value is -2.14. The summed E-state index contributed by atoms with van der Waals surface area (Å²) >= 11 is 0. The fourth-order valence-electron chi connectivity index (χ4n) is 2.36. The van der Waals surface area contributed by atoms with Crippen LogP contribution < -0.4 is 5.32 Å². The average Bonchev–Trinajstić information content (AvgIpc) is 3.02. The van der Waals surface area contributed by atoms with Crippen molar-refractivity contribution >= 4 is 5.91 Å². The molecular formula is C14H15N3O2. The second-order valence-electron chi connectivity index (χ2n) is 4.48. The van der Waals surface area contributed by atoms with Crippen LogP contribution in [-0.2, 0) is 0 Å². The molecule has 2 aromatic rings. The van der Waals surface area contributed by atoms with E-state index in [0.717, 1.165) is 18.7 Å². The van der Waals surface area contributed by atoms with Crippen LogP contribution in [0, 0.1) is 0 Å². The molecule has 0 aromatic carbocycles. The zero-order valence-corrected chi connectivity index (χ0v) is 10.5. The van der Waals surface area contributed by atoms with Crippen LogP contribution in [0.4, 0.5) is 0 Å². The maximum Gasteiger partial charge on any atom is 0.290 e. The number of nitrogens with zero attached hydrogens (tertiary/aromatic N) is 2. The number of hydrogen-bond acceptors (Lipinski definition) is 4. The van der Waals surface area contributed by atoms with E-state index in [9.17, 15) is 4.79 Å². The predicted molar refractivity (Wildman–Crippen MR) is 69.6 cm³/mol. The van der Waals surface area contributed by atoms with Crippen molar-refractivity contribution in [3.8, 4) is 0 Å². The molecule has 5 heteroatoms. The Kier molecular flexibility index (Phi) is 3.29. The lowest BCUT2D eigenvalue weighted by Gasteiger charge is -2.35. The number of carbonyl (C=O) groups is 1. The lowest BCUT2D eigenvalue weighted by Crippen LogP contribution is -2.48. The van der Waals surface area contributed by atoms with E-state index in [1.807, 2.05) is 17.0 Å². The molecule has 1 saturated heterocycles. The zero-order valence-electron chi connectivity index (χ0n) is 10.5. The SMILES string of the molecule is O=C(c1ccco1)N1CCNCC1c1cccnc1. The van der Waals surface area contributed by atoms with Gasteiger partial charge in [-0.3, -0.25) is 9.78 Å². The number of piperazine rings is 1. The minimum Gasteiger partial charge on any atom is -0.459 e. The summed E-state index contributed by atoms with van der Waals surface area (Å²) in [6.07, 6.45) is 5.06. The van der Waals surface area contributed by atoms with Gasteiger partial charge in [0.25, 0.3) is 5.91 Å². The fourth-order valence-corrected chi connectivity index (χ4v) is 2.36. The molecule has 5 nitrogen and oxygen atoms in total. The van der Waals surface area contributed by atoms with Crippen molar-refractivity contribution in [2.75, 3.05) is 19.6 Å². The summed E-state index contributed by atoms with van der Waals surface area (Å²) < 4.78 is 5.21. The lowest BCUT2D eigenvalue weighted by atomic mass is 10.1. The molecule has 2 aromatic heterocycles. The second-order valence-corrected chi connectivity index (χ2v) is 4.48. The number of aromatic nitrogens is 1. The van der Waals surface area contributed by atoms with E-state index in [0.29, 0.717) is 12.3 Å². The summed E-state index contributed by atoms with van der Waals surface area (Å²) in [6.45, 7) is 2.19. The molecule has 1 N–H and O–H groups in total. The highest BCUT2D eigenvalue weighted by molar-refractivity contribution is 5.91. The molecule has 0 aliphatic carbocycles. The van der Waals surface area contributed by atoms with E-state index in [1.165, 1.54) is 6.26 Å². The quantitative estimate of drug-likeness (QED) is 0.885. The van der Waals surface area contributed by atoms with Crippen LogP contribution in [-0.4, -0.2) is 35.4 Å². The molecule has 1 atom stereocenters. The largest absolute Gasteiger partial charge is 0.459 e. The third-order valence-corrected chi connectivity index (χ3v) is 3.31. The fraction of sp³-hybridized carbons (Fsp3) is 0.286. The van der Waals surface area contributed by atoms with Gasteiger partial charge in [0.2, 0.25) is 0 Å². The number of furan rings is 1. The first-order chi connectivity index (χ1) is 9.36. The predicted octanol–water partition coefficient (Wildman–Crippen LogP) is 1.46. The Morgan fingerprint density at radius 2 is 2.37 bits per heavy atom. The topological polar surface area (TPSA) is 58.4 Å². The first-order valence-corrected chi connectivity index (χ1v) is 6.31. The van der Waals surface area contributed by atoms with Crippen LogP contribution in [0.2, 0.25) is 0 Å². The van der Waals surface area contributed by atoms with Gasteiger partial charge in [-0.05, 0) is 23.8 Å². The molecule has 0 radical (unpaired) electrons. The van der Waals surface area contributed by atoms with E-state index in [-0.39, 0.29) is 11.9 Å². The molecule has 98 valence electrons. The summed E-state index contributed by atoms with van der Waals surface area (Å²) in [6, 6.07) is 7.31. The monoisotopic (exact) mass is 257 g/mol. The molecule has 19 heavy (non-hydrogen) atoms. The molecule has 1 fully saturated rings. The summed E-state index contributed by atoms with van der Waals surface area (Å²) in [5.41, 5.74) is 1.04. The maximum absolute atomic E-state index is 12.4. The normalized spacial score (nSPS) is 19.4. The molecule has 0 bridgehead atoms. The summed E-state index contributed by atoms with van der Waals surface area (Å²) in [7, 11) is 0.